The largest absolute Gasteiger partial charge is 0.497 e. The summed E-state index contributed by atoms with van der Waals surface area (Å²) in [5.41, 5.74) is 1.35. The molecule has 0 saturated carbocycles. The van der Waals surface area contributed by atoms with Crippen molar-refractivity contribution in [2.45, 2.75) is 11.4 Å². The highest BCUT2D eigenvalue weighted by Gasteiger charge is 2.26. The zero-order valence-electron chi connectivity index (χ0n) is 11.8. The van der Waals surface area contributed by atoms with Gasteiger partial charge < -0.3 is 10.1 Å². The first-order valence-electron chi connectivity index (χ1n) is 6.50. The Morgan fingerprint density at radius 2 is 2.18 bits per heavy atom. The van der Waals surface area contributed by atoms with Crippen molar-refractivity contribution in [1.29, 1.82) is 0 Å². The minimum Gasteiger partial charge on any atom is -0.497 e. The molecule has 2 aromatic rings. The molecule has 0 unspecified atom stereocenters. The summed E-state index contributed by atoms with van der Waals surface area (Å²) in [6, 6.07) is 8.46. The van der Waals surface area contributed by atoms with Crippen molar-refractivity contribution in [3.8, 4) is 5.75 Å². The smallest absolute Gasteiger partial charge is 0.266 e. The summed E-state index contributed by atoms with van der Waals surface area (Å²) in [5, 5.41) is 2.96. The third kappa shape index (κ3) is 2.86. The van der Waals surface area contributed by atoms with Crippen molar-refractivity contribution in [3.63, 3.8) is 0 Å². The Morgan fingerprint density at radius 1 is 1.32 bits per heavy atom. The molecule has 0 spiro atoms. The Hall–Kier alpha value is -2.61. The van der Waals surface area contributed by atoms with Crippen LogP contribution in [0.15, 0.2) is 52.6 Å². The fourth-order valence-corrected chi connectivity index (χ4v) is 3.18. The molecule has 0 radical (unpaired) electrons. The van der Waals surface area contributed by atoms with Crippen molar-refractivity contribution in [2.24, 2.45) is 4.99 Å². The molecule has 1 aromatic carbocycles. The molecule has 0 aliphatic carbocycles. The van der Waals surface area contributed by atoms with E-state index in [9.17, 15) is 8.42 Å². The molecule has 22 heavy (non-hydrogen) atoms. The van der Waals surface area contributed by atoms with Crippen LogP contribution in [0.3, 0.4) is 0 Å². The van der Waals surface area contributed by atoms with Gasteiger partial charge in [0.25, 0.3) is 10.0 Å². The molecule has 114 valence electrons. The number of hydrogen-bond acceptors (Lipinski definition) is 5. The number of benzene rings is 1. The number of hydrogen-bond donors (Lipinski definition) is 2. The van der Waals surface area contributed by atoms with Gasteiger partial charge in [-0.1, -0.05) is 6.07 Å². The van der Waals surface area contributed by atoms with Crippen LogP contribution in [0.4, 0.5) is 5.69 Å². The molecule has 0 amide bonds. The van der Waals surface area contributed by atoms with Crippen molar-refractivity contribution in [3.05, 3.63) is 48.3 Å². The standard InChI is InChI=1S/C14H14N4O3S/c1-21-11-4-5-12-13(7-11)22(19,20)18-14(17-12)16-9-10-3-2-6-15-8-10/h2-8H,9H2,1H3,(H2,16,17,18). The van der Waals surface area contributed by atoms with Crippen LogP contribution in [0.1, 0.15) is 5.56 Å². The highest BCUT2D eigenvalue weighted by Crippen LogP contribution is 2.28. The monoisotopic (exact) mass is 318 g/mol. The zero-order chi connectivity index (χ0) is 15.6. The lowest BCUT2D eigenvalue weighted by molar-refractivity contribution is 0.413. The predicted molar refractivity (Wildman–Crippen MR) is 82.3 cm³/mol. The number of sulfonamides is 1. The van der Waals surface area contributed by atoms with Crippen molar-refractivity contribution < 1.29 is 13.2 Å². The molecular weight excluding hydrogens is 304 g/mol. The van der Waals surface area contributed by atoms with E-state index in [2.05, 4.69) is 20.0 Å². The molecule has 7 nitrogen and oxygen atoms in total. The molecule has 2 heterocycles. The predicted octanol–water partition coefficient (Wildman–Crippen LogP) is 1.35. The number of pyridine rings is 1. The maximum atomic E-state index is 12.3. The van der Waals surface area contributed by atoms with E-state index in [1.54, 1.807) is 30.6 Å². The summed E-state index contributed by atoms with van der Waals surface area (Å²) >= 11 is 0. The first-order chi connectivity index (χ1) is 10.6. The number of nitrogens with zero attached hydrogens (tertiary/aromatic N) is 2. The van der Waals surface area contributed by atoms with Crippen LogP contribution >= 0.6 is 0 Å². The molecule has 0 fully saturated rings. The van der Waals surface area contributed by atoms with Gasteiger partial charge in [0.2, 0.25) is 5.96 Å². The van der Waals surface area contributed by atoms with E-state index in [0.717, 1.165) is 5.56 Å². The van der Waals surface area contributed by atoms with E-state index in [1.807, 2.05) is 6.07 Å². The van der Waals surface area contributed by atoms with Crippen molar-refractivity contribution in [1.82, 2.24) is 9.71 Å². The van der Waals surface area contributed by atoms with E-state index in [4.69, 9.17) is 4.74 Å². The third-order valence-electron chi connectivity index (χ3n) is 3.10. The second kappa shape index (κ2) is 5.64. The number of ether oxygens (including phenoxy) is 1. The van der Waals surface area contributed by atoms with Crippen LogP contribution in [-0.2, 0) is 16.6 Å². The second-order valence-corrected chi connectivity index (χ2v) is 6.27. The summed E-state index contributed by atoms with van der Waals surface area (Å²) in [4.78, 5) is 8.36. The molecule has 3 rings (SSSR count). The minimum absolute atomic E-state index is 0.132. The first-order valence-corrected chi connectivity index (χ1v) is 7.98. The van der Waals surface area contributed by atoms with Gasteiger partial charge in [-0.15, -0.1) is 0 Å². The van der Waals surface area contributed by atoms with Crippen LogP contribution < -0.4 is 14.8 Å². The summed E-state index contributed by atoms with van der Waals surface area (Å²) in [6.45, 7) is 0.324. The fourth-order valence-electron chi connectivity index (χ4n) is 2.02. The summed E-state index contributed by atoms with van der Waals surface area (Å²) in [6.07, 6.45) is 3.35. The Morgan fingerprint density at radius 3 is 2.91 bits per heavy atom. The second-order valence-electron chi connectivity index (χ2n) is 4.62. The Labute approximate surface area is 128 Å². The minimum atomic E-state index is -3.67. The van der Waals surface area contributed by atoms with E-state index >= 15 is 0 Å². The SMILES string of the molecule is COc1ccc2c(c1)S(=O)(=O)NC(=NCc1cccnc1)N2. The van der Waals surface area contributed by atoms with Crippen LogP contribution in [0.25, 0.3) is 0 Å². The Bertz CT molecular complexity index is 819. The Kier molecular flexibility index (Phi) is 3.68. The van der Waals surface area contributed by atoms with Gasteiger partial charge in [-0.05, 0) is 23.8 Å². The summed E-state index contributed by atoms with van der Waals surface area (Å²) in [7, 11) is -2.18. The first kappa shape index (κ1) is 14.3. The van der Waals surface area contributed by atoms with E-state index in [0.29, 0.717) is 18.0 Å². The van der Waals surface area contributed by atoms with Gasteiger partial charge in [-0.25, -0.2) is 18.1 Å². The van der Waals surface area contributed by atoms with Crippen LogP contribution in [-0.4, -0.2) is 26.5 Å². The molecule has 0 bridgehead atoms. The summed E-state index contributed by atoms with van der Waals surface area (Å²) in [5.74, 6) is 0.656. The number of rotatable bonds is 3. The number of methoxy groups -OCH3 is 1. The zero-order valence-corrected chi connectivity index (χ0v) is 12.6. The lowest BCUT2D eigenvalue weighted by Gasteiger charge is -2.21. The topological polar surface area (TPSA) is 92.7 Å². The molecule has 0 atom stereocenters. The maximum absolute atomic E-state index is 12.3. The normalized spacial score (nSPS) is 17.2. The Balaban J connectivity index is 1.89. The molecule has 1 aliphatic rings. The van der Waals surface area contributed by atoms with Gasteiger partial charge in [0.05, 0.1) is 19.3 Å². The van der Waals surface area contributed by atoms with Crippen LogP contribution in [0.5, 0.6) is 5.75 Å². The average Bonchev–Trinajstić information content (AvgIpc) is 2.53. The quantitative estimate of drug-likeness (QED) is 0.891. The van der Waals surface area contributed by atoms with Crippen LogP contribution in [0.2, 0.25) is 0 Å². The van der Waals surface area contributed by atoms with Gasteiger partial charge in [0.1, 0.15) is 10.6 Å². The third-order valence-corrected chi connectivity index (χ3v) is 4.48. The molecule has 8 heteroatoms. The lowest BCUT2D eigenvalue weighted by Crippen LogP contribution is -2.40. The van der Waals surface area contributed by atoms with E-state index in [1.165, 1.54) is 13.2 Å². The van der Waals surface area contributed by atoms with Crippen molar-refractivity contribution >= 4 is 21.7 Å². The lowest BCUT2D eigenvalue weighted by atomic mass is 10.3. The average molecular weight is 318 g/mol. The fraction of sp³-hybridized carbons (Fsp3) is 0.143. The molecule has 1 aliphatic heterocycles. The molecule has 2 N–H and O–H groups in total. The number of aliphatic imine (C=N–C) groups is 1. The molecule has 1 aromatic heterocycles. The number of anilines is 1. The number of nitrogens with one attached hydrogen (secondary N) is 2. The van der Waals surface area contributed by atoms with E-state index < -0.39 is 10.0 Å². The molecular formula is C14H14N4O3S. The van der Waals surface area contributed by atoms with Crippen LogP contribution in [0, 0.1) is 0 Å². The maximum Gasteiger partial charge on any atom is 0.266 e. The van der Waals surface area contributed by atoms with Gasteiger partial charge in [-0.2, -0.15) is 0 Å². The van der Waals surface area contributed by atoms with Gasteiger partial charge in [0, 0.05) is 18.5 Å². The number of guanidine groups is 1. The van der Waals surface area contributed by atoms with Crippen molar-refractivity contribution in [2.75, 3.05) is 12.4 Å². The van der Waals surface area contributed by atoms with Gasteiger partial charge in [0.15, 0.2) is 0 Å². The number of fused-ring (bicyclic) bond motifs is 1. The highest BCUT2D eigenvalue weighted by atomic mass is 32.2. The molecule has 0 saturated heterocycles. The number of aromatic nitrogens is 1. The van der Waals surface area contributed by atoms with Gasteiger partial charge >= 0.3 is 0 Å². The highest BCUT2D eigenvalue weighted by molar-refractivity contribution is 7.90. The van der Waals surface area contributed by atoms with Gasteiger partial charge in [-0.3, -0.25) is 4.98 Å². The summed E-state index contributed by atoms with van der Waals surface area (Å²) < 4.78 is 32.0. The van der Waals surface area contributed by atoms with E-state index in [-0.39, 0.29) is 10.9 Å².